The standard InChI is InChI=1S/C19H29FN4O/c1-14-9-15(2)13-24(12-14)19(21-3)23-8-7-22-18(25)11-16-5-4-6-17(20)10-16/h4-6,10,14-15H,7-9,11-13H2,1-3H3,(H,21,23)(H,22,25). The molecule has 0 saturated carbocycles. The normalized spacial score (nSPS) is 21.1. The van der Waals surface area contributed by atoms with E-state index in [2.05, 4.69) is 34.4 Å². The zero-order valence-electron chi connectivity index (χ0n) is 15.4. The van der Waals surface area contributed by atoms with Gasteiger partial charge in [-0.15, -0.1) is 0 Å². The second-order valence-corrected chi connectivity index (χ2v) is 6.98. The molecule has 0 bridgehead atoms. The third kappa shape index (κ3) is 6.36. The van der Waals surface area contributed by atoms with Crippen molar-refractivity contribution in [3.8, 4) is 0 Å². The Morgan fingerprint density at radius 1 is 1.24 bits per heavy atom. The van der Waals surface area contributed by atoms with Gasteiger partial charge in [0.15, 0.2) is 5.96 Å². The average molecular weight is 348 g/mol. The molecule has 6 heteroatoms. The van der Waals surface area contributed by atoms with Gasteiger partial charge in [0.05, 0.1) is 6.42 Å². The lowest BCUT2D eigenvalue weighted by atomic mass is 9.92. The van der Waals surface area contributed by atoms with Crippen molar-refractivity contribution in [1.82, 2.24) is 15.5 Å². The number of nitrogens with one attached hydrogen (secondary N) is 2. The monoisotopic (exact) mass is 348 g/mol. The van der Waals surface area contributed by atoms with Gasteiger partial charge in [0, 0.05) is 33.2 Å². The second kappa shape index (κ2) is 9.39. The predicted octanol–water partition coefficient (Wildman–Crippen LogP) is 2.04. The first-order chi connectivity index (χ1) is 12.0. The Balaban J connectivity index is 1.71. The Hall–Kier alpha value is -2.11. The topological polar surface area (TPSA) is 56.7 Å². The Bertz CT molecular complexity index is 595. The van der Waals surface area contributed by atoms with Crippen LogP contribution in [0.1, 0.15) is 25.8 Å². The van der Waals surface area contributed by atoms with Gasteiger partial charge in [-0.05, 0) is 36.0 Å². The number of hydrogen-bond acceptors (Lipinski definition) is 2. The van der Waals surface area contributed by atoms with E-state index in [0.717, 1.165) is 19.0 Å². The second-order valence-electron chi connectivity index (χ2n) is 6.98. The molecule has 25 heavy (non-hydrogen) atoms. The molecule has 1 amide bonds. The van der Waals surface area contributed by atoms with Crippen molar-refractivity contribution in [2.45, 2.75) is 26.7 Å². The van der Waals surface area contributed by atoms with E-state index in [0.29, 0.717) is 30.5 Å². The highest BCUT2D eigenvalue weighted by Crippen LogP contribution is 2.20. The van der Waals surface area contributed by atoms with Crippen LogP contribution in [-0.4, -0.2) is 50.0 Å². The van der Waals surface area contributed by atoms with Crippen molar-refractivity contribution in [2.75, 3.05) is 33.2 Å². The van der Waals surface area contributed by atoms with Gasteiger partial charge < -0.3 is 15.5 Å². The molecule has 138 valence electrons. The molecule has 0 spiro atoms. The Labute approximate surface area is 149 Å². The van der Waals surface area contributed by atoms with E-state index >= 15 is 0 Å². The van der Waals surface area contributed by atoms with Crippen molar-refractivity contribution in [3.05, 3.63) is 35.6 Å². The van der Waals surface area contributed by atoms with Crippen LogP contribution in [0.25, 0.3) is 0 Å². The molecule has 1 aliphatic rings. The van der Waals surface area contributed by atoms with Gasteiger partial charge in [0.1, 0.15) is 5.82 Å². The molecule has 2 unspecified atom stereocenters. The fraction of sp³-hybridized carbons (Fsp3) is 0.579. The predicted molar refractivity (Wildman–Crippen MR) is 99.0 cm³/mol. The third-order valence-corrected chi connectivity index (χ3v) is 4.36. The number of piperidine rings is 1. The average Bonchev–Trinajstić information content (AvgIpc) is 2.54. The lowest BCUT2D eigenvalue weighted by molar-refractivity contribution is -0.120. The maximum atomic E-state index is 13.1. The molecule has 2 rings (SSSR count). The molecule has 2 N–H and O–H groups in total. The van der Waals surface area contributed by atoms with Crippen molar-refractivity contribution in [1.29, 1.82) is 0 Å². The van der Waals surface area contributed by atoms with Gasteiger partial charge in [-0.1, -0.05) is 26.0 Å². The molecular formula is C19H29FN4O. The highest BCUT2D eigenvalue weighted by atomic mass is 19.1. The summed E-state index contributed by atoms with van der Waals surface area (Å²) in [5, 5.41) is 6.16. The zero-order valence-corrected chi connectivity index (χ0v) is 15.4. The van der Waals surface area contributed by atoms with Crippen LogP contribution in [0.3, 0.4) is 0 Å². The van der Waals surface area contributed by atoms with Crippen LogP contribution >= 0.6 is 0 Å². The van der Waals surface area contributed by atoms with Crippen molar-refractivity contribution < 1.29 is 9.18 Å². The number of likely N-dealkylation sites (tertiary alicyclic amines) is 1. The minimum atomic E-state index is -0.319. The van der Waals surface area contributed by atoms with Gasteiger partial charge >= 0.3 is 0 Å². The summed E-state index contributed by atoms with van der Waals surface area (Å²) >= 11 is 0. The van der Waals surface area contributed by atoms with E-state index in [4.69, 9.17) is 0 Å². The van der Waals surface area contributed by atoms with E-state index < -0.39 is 0 Å². The Morgan fingerprint density at radius 3 is 2.56 bits per heavy atom. The van der Waals surface area contributed by atoms with E-state index in [1.807, 2.05) is 0 Å². The number of carbonyl (C=O) groups excluding carboxylic acids is 1. The highest BCUT2D eigenvalue weighted by molar-refractivity contribution is 5.80. The molecule has 0 aromatic heterocycles. The van der Waals surface area contributed by atoms with Gasteiger partial charge in [0.2, 0.25) is 5.91 Å². The van der Waals surface area contributed by atoms with Crippen LogP contribution in [0.15, 0.2) is 29.3 Å². The first-order valence-corrected chi connectivity index (χ1v) is 8.94. The minimum absolute atomic E-state index is 0.109. The number of carbonyl (C=O) groups is 1. The maximum absolute atomic E-state index is 13.1. The summed E-state index contributed by atoms with van der Waals surface area (Å²) in [6, 6.07) is 6.13. The van der Waals surface area contributed by atoms with Crippen molar-refractivity contribution >= 4 is 11.9 Å². The molecule has 1 aromatic rings. The van der Waals surface area contributed by atoms with Crippen molar-refractivity contribution in [3.63, 3.8) is 0 Å². The van der Waals surface area contributed by atoms with E-state index in [9.17, 15) is 9.18 Å². The van der Waals surface area contributed by atoms with E-state index in [1.165, 1.54) is 18.6 Å². The first kappa shape index (κ1) is 19.2. The molecule has 0 aliphatic carbocycles. The molecule has 5 nitrogen and oxygen atoms in total. The summed E-state index contributed by atoms with van der Waals surface area (Å²) in [7, 11) is 1.79. The van der Waals surface area contributed by atoms with Gasteiger partial charge in [-0.3, -0.25) is 9.79 Å². The highest BCUT2D eigenvalue weighted by Gasteiger charge is 2.23. The molecule has 1 aromatic carbocycles. The number of amides is 1. The van der Waals surface area contributed by atoms with Crippen LogP contribution in [0.2, 0.25) is 0 Å². The van der Waals surface area contributed by atoms with Crippen LogP contribution in [0.5, 0.6) is 0 Å². The number of halogens is 1. The first-order valence-electron chi connectivity index (χ1n) is 8.94. The van der Waals surface area contributed by atoms with Crippen LogP contribution < -0.4 is 10.6 Å². The molecular weight excluding hydrogens is 319 g/mol. The minimum Gasteiger partial charge on any atom is -0.354 e. The molecule has 2 atom stereocenters. The molecule has 1 saturated heterocycles. The summed E-state index contributed by atoms with van der Waals surface area (Å²) in [4.78, 5) is 18.6. The van der Waals surface area contributed by atoms with E-state index in [1.54, 1.807) is 19.2 Å². The lowest BCUT2D eigenvalue weighted by Gasteiger charge is -2.37. The molecule has 1 heterocycles. The molecule has 1 fully saturated rings. The SMILES string of the molecule is CN=C(NCCNC(=O)Cc1cccc(F)c1)N1CC(C)CC(C)C1. The zero-order chi connectivity index (χ0) is 18.2. The number of rotatable bonds is 5. The van der Waals surface area contributed by atoms with Gasteiger partial charge in [0.25, 0.3) is 0 Å². The smallest absolute Gasteiger partial charge is 0.224 e. The third-order valence-electron chi connectivity index (χ3n) is 4.36. The Morgan fingerprint density at radius 2 is 1.92 bits per heavy atom. The fourth-order valence-corrected chi connectivity index (χ4v) is 3.44. The summed E-state index contributed by atoms with van der Waals surface area (Å²) < 4.78 is 13.1. The summed E-state index contributed by atoms with van der Waals surface area (Å²) in [5.41, 5.74) is 0.678. The van der Waals surface area contributed by atoms with Crippen LogP contribution in [-0.2, 0) is 11.2 Å². The number of benzene rings is 1. The number of guanidine groups is 1. The maximum Gasteiger partial charge on any atom is 0.224 e. The summed E-state index contributed by atoms with van der Waals surface area (Å²) in [6.45, 7) is 7.67. The summed E-state index contributed by atoms with van der Waals surface area (Å²) in [5.74, 6) is 1.78. The van der Waals surface area contributed by atoms with E-state index in [-0.39, 0.29) is 18.1 Å². The largest absolute Gasteiger partial charge is 0.354 e. The number of hydrogen-bond donors (Lipinski definition) is 2. The molecule has 0 radical (unpaired) electrons. The quantitative estimate of drug-likeness (QED) is 0.486. The van der Waals surface area contributed by atoms with Crippen LogP contribution in [0, 0.1) is 17.7 Å². The Kier molecular flexibility index (Phi) is 7.22. The summed E-state index contributed by atoms with van der Waals surface area (Å²) in [6.07, 6.45) is 1.44. The lowest BCUT2D eigenvalue weighted by Crippen LogP contribution is -2.49. The van der Waals surface area contributed by atoms with Crippen molar-refractivity contribution in [2.24, 2.45) is 16.8 Å². The van der Waals surface area contributed by atoms with Gasteiger partial charge in [-0.2, -0.15) is 0 Å². The number of nitrogens with zero attached hydrogens (tertiary/aromatic N) is 2. The number of aliphatic imine (C=N–C) groups is 1. The van der Waals surface area contributed by atoms with Crippen LogP contribution in [0.4, 0.5) is 4.39 Å². The van der Waals surface area contributed by atoms with Gasteiger partial charge in [-0.25, -0.2) is 4.39 Å². The molecule has 1 aliphatic heterocycles. The fourth-order valence-electron chi connectivity index (χ4n) is 3.44.